The number of rotatable bonds is 5. The van der Waals surface area contributed by atoms with Gasteiger partial charge in [0.2, 0.25) is 0 Å². The van der Waals surface area contributed by atoms with Gasteiger partial charge in [0.05, 0.1) is 11.8 Å². The van der Waals surface area contributed by atoms with E-state index < -0.39 is 0 Å². The summed E-state index contributed by atoms with van der Waals surface area (Å²) >= 11 is 0. The van der Waals surface area contributed by atoms with Crippen LogP contribution in [0.4, 0.5) is 0 Å². The third-order valence-corrected chi connectivity index (χ3v) is 6.69. The number of hydrogen-bond donors (Lipinski definition) is 1. The standard InChI is InChI=1S/C26H32N4O/c1-17(2)24-22-15-20(19-8-12-30(13-9-19)11-5-10-27)6-7-23(22)28-25(24)21-14-18(3)26(31)29(4)16-21/h6-7,14-17,19,28H,5,8-9,11-13H2,1-4H3. The van der Waals surface area contributed by atoms with Gasteiger partial charge in [-0.1, -0.05) is 19.9 Å². The van der Waals surface area contributed by atoms with Crippen LogP contribution in [0.25, 0.3) is 22.2 Å². The van der Waals surface area contributed by atoms with E-state index in [2.05, 4.69) is 48.0 Å². The minimum Gasteiger partial charge on any atom is -0.354 e. The number of nitrogens with zero attached hydrogens (tertiary/aromatic N) is 3. The summed E-state index contributed by atoms with van der Waals surface area (Å²) in [4.78, 5) is 18.2. The summed E-state index contributed by atoms with van der Waals surface area (Å²) in [7, 11) is 1.82. The van der Waals surface area contributed by atoms with Gasteiger partial charge in [-0.05, 0) is 74.0 Å². The van der Waals surface area contributed by atoms with Crippen molar-refractivity contribution in [1.82, 2.24) is 14.5 Å². The largest absolute Gasteiger partial charge is 0.354 e. The van der Waals surface area contributed by atoms with Crippen LogP contribution >= 0.6 is 0 Å². The molecule has 5 nitrogen and oxygen atoms in total. The fraction of sp³-hybridized carbons (Fsp3) is 0.462. The van der Waals surface area contributed by atoms with Crippen molar-refractivity contribution in [3.05, 3.63) is 57.5 Å². The third kappa shape index (κ3) is 4.18. The van der Waals surface area contributed by atoms with Gasteiger partial charge < -0.3 is 14.5 Å². The summed E-state index contributed by atoms with van der Waals surface area (Å²) in [6.45, 7) is 9.38. The van der Waals surface area contributed by atoms with E-state index in [0.717, 1.165) is 54.8 Å². The molecule has 1 N–H and O–H groups in total. The summed E-state index contributed by atoms with van der Waals surface area (Å²) in [6.07, 6.45) is 4.84. The summed E-state index contributed by atoms with van der Waals surface area (Å²) in [5.74, 6) is 0.935. The van der Waals surface area contributed by atoms with Crippen LogP contribution in [0.3, 0.4) is 0 Å². The third-order valence-electron chi connectivity index (χ3n) is 6.69. The molecule has 1 fully saturated rings. The first kappa shape index (κ1) is 21.4. The average molecular weight is 417 g/mol. The van der Waals surface area contributed by atoms with Gasteiger partial charge in [-0.25, -0.2) is 0 Å². The minimum atomic E-state index is 0.0503. The number of likely N-dealkylation sites (tertiary alicyclic amines) is 1. The summed E-state index contributed by atoms with van der Waals surface area (Å²) < 4.78 is 1.67. The Morgan fingerprint density at radius 3 is 2.61 bits per heavy atom. The van der Waals surface area contributed by atoms with Crippen LogP contribution in [0, 0.1) is 18.3 Å². The van der Waals surface area contributed by atoms with Crippen molar-refractivity contribution >= 4 is 10.9 Å². The Labute approximate surface area is 184 Å². The zero-order valence-electron chi connectivity index (χ0n) is 19.0. The fourth-order valence-electron chi connectivity index (χ4n) is 5.02. The molecule has 0 unspecified atom stereocenters. The second kappa shape index (κ2) is 8.72. The maximum absolute atomic E-state index is 12.2. The van der Waals surface area contributed by atoms with Crippen molar-refractivity contribution in [1.29, 1.82) is 5.26 Å². The Morgan fingerprint density at radius 2 is 1.97 bits per heavy atom. The molecule has 1 aliphatic heterocycles. The van der Waals surface area contributed by atoms with Gasteiger partial charge in [-0.3, -0.25) is 4.79 Å². The zero-order chi connectivity index (χ0) is 22.1. The first-order valence-electron chi connectivity index (χ1n) is 11.3. The Hall–Kier alpha value is -2.84. The van der Waals surface area contributed by atoms with Crippen LogP contribution < -0.4 is 5.56 Å². The normalized spacial score (nSPS) is 15.6. The van der Waals surface area contributed by atoms with E-state index in [0.29, 0.717) is 18.3 Å². The molecular weight excluding hydrogens is 384 g/mol. The molecule has 0 spiro atoms. The Balaban J connectivity index is 1.70. The smallest absolute Gasteiger partial charge is 0.253 e. The lowest BCUT2D eigenvalue weighted by Gasteiger charge is -2.31. The molecule has 162 valence electrons. The van der Waals surface area contributed by atoms with E-state index >= 15 is 0 Å². The second-order valence-electron chi connectivity index (χ2n) is 9.23. The number of benzene rings is 1. The van der Waals surface area contributed by atoms with Gasteiger partial charge in [0.15, 0.2) is 0 Å². The molecule has 5 heteroatoms. The van der Waals surface area contributed by atoms with Gasteiger partial charge in [0, 0.05) is 48.2 Å². The first-order valence-corrected chi connectivity index (χ1v) is 11.3. The highest BCUT2D eigenvalue weighted by molar-refractivity contribution is 5.92. The van der Waals surface area contributed by atoms with Gasteiger partial charge in [-0.15, -0.1) is 0 Å². The zero-order valence-corrected chi connectivity index (χ0v) is 19.0. The first-order chi connectivity index (χ1) is 14.9. The number of hydrogen-bond acceptors (Lipinski definition) is 3. The molecule has 2 aromatic heterocycles. The topological polar surface area (TPSA) is 64.8 Å². The highest BCUT2D eigenvalue weighted by Crippen LogP contribution is 2.38. The van der Waals surface area contributed by atoms with E-state index in [1.807, 2.05) is 26.2 Å². The quantitative estimate of drug-likeness (QED) is 0.632. The van der Waals surface area contributed by atoms with Gasteiger partial charge in [0.1, 0.15) is 0 Å². The molecule has 0 amide bonds. The lowest BCUT2D eigenvalue weighted by atomic mass is 9.87. The molecule has 0 saturated carbocycles. The second-order valence-corrected chi connectivity index (χ2v) is 9.23. The molecule has 3 aromatic rings. The average Bonchev–Trinajstić information content (AvgIpc) is 3.15. The predicted octanol–water partition coefficient (Wildman–Crippen LogP) is 5.06. The van der Waals surface area contributed by atoms with Gasteiger partial charge in [-0.2, -0.15) is 5.26 Å². The van der Waals surface area contributed by atoms with Crippen molar-refractivity contribution < 1.29 is 0 Å². The summed E-state index contributed by atoms with van der Waals surface area (Å²) in [6, 6.07) is 11.1. The Morgan fingerprint density at radius 1 is 1.23 bits per heavy atom. The molecule has 1 aromatic carbocycles. The highest BCUT2D eigenvalue weighted by atomic mass is 16.1. The summed E-state index contributed by atoms with van der Waals surface area (Å²) in [5.41, 5.74) is 6.88. The van der Waals surface area contributed by atoms with E-state index in [-0.39, 0.29) is 5.56 Å². The number of fused-ring (bicyclic) bond motifs is 1. The molecule has 1 aliphatic rings. The van der Waals surface area contributed by atoms with Crippen LogP contribution in [0.2, 0.25) is 0 Å². The van der Waals surface area contributed by atoms with Crippen molar-refractivity contribution in [2.75, 3.05) is 19.6 Å². The molecule has 0 atom stereocenters. The lowest BCUT2D eigenvalue weighted by Crippen LogP contribution is -2.33. The SMILES string of the molecule is Cc1cc(-c2[nH]c3ccc(C4CCN(CCC#N)CC4)cc3c2C(C)C)cn(C)c1=O. The van der Waals surface area contributed by atoms with E-state index in [9.17, 15) is 4.79 Å². The molecule has 0 aliphatic carbocycles. The number of piperidine rings is 1. The minimum absolute atomic E-state index is 0.0503. The number of aromatic amines is 1. The van der Waals surface area contributed by atoms with Crippen molar-refractivity contribution in [2.24, 2.45) is 7.05 Å². The number of H-pyrrole nitrogens is 1. The van der Waals surface area contributed by atoms with Crippen LogP contribution in [-0.2, 0) is 7.05 Å². The van der Waals surface area contributed by atoms with Crippen molar-refractivity contribution in [3.8, 4) is 17.3 Å². The lowest BCUT2D eigenvalue weighted by molar-refractivity contribution is 0.216. The summed E-state index contributed by atoms with van der Waals surface area (Å²) in [5, 5.41) is 10.1. The molecule has 31 heavy (non-hydrogen) atoms. The Bertz CT molecular complexity index is 1160. The Kier molecular flexibility index (Phi) is 6.02. The van der Waals surface area contributed by atoms with E-state index in [1.165, 1.54) is 16.5 Å². The monoisotopic (exact) mass is 416 g/mol. The van der Waals surface area contributed by atoms with Crippen molar-refractivity contribution in [2.45, 2.75) is 51.9 Å². The van der Waals surface area contributed by atoms with E-state index in [4.69, 9.17) is 5.26 Å². The molecule has 4 rings (SSSR count). The van der Waals surface area contributed by atoms with Crippen LogP contribution in [0.15, 0.2) is 35.3 Å². The predicted molar refractivity (Wildman–Crippen MR) is 126 cm³/mol. The molecule has 3 heterocycles. The highest BCUT2D eigenvalue weighted by Gasteiger charge is 2.23. The number of nitriles is 1. The van der Waals surface area contributed by atoms with Gasteiger partial charge >= 0.3 is 0 Å². The van der Waals surface area contributed by atoms with Gasteiger partial charge in [0.25, 0.3) is 5.56 Å². The molecular formula is C26H32N4O. The molecule has 0 bridgehead atoms. The fourth-order valence-corrected chi connectivity index (χ4v) is 5.02. The molecule has 0 radical (unpaired) electrons. The number of pyridine rings is 1. The maximum Gasteiger partial charge on any atom is 0.253 e. The van der Waals surface area contributed by atoms with Crippen LogP contribution in [-0.4, -0.2) is 34.1 Å². The van der Waals surface area contributed by atoms with Crippen LogP contribution in [0.5, 0.6) is 0 Å². The number of aromatic nitrogens is 2. The van der Waals surface area contributed by atoms with Crippen LogP contribution in [0.1, 0.15) is 61.6 Å². The van der Waals surface area contributed by atoms with E-state index in [1.54, 1.807) is 4.57 Å². The number of nitrogens with one attached hydrogen (secondary N) is 1. The number of aryl methyl sites for hydroxylation is 2. The molecule has 1 saturated heterocycles. The maximum atomic E-state index is 12.2. The van der Waals surface area contributed by atoms with Crippen molar-refractivity contribution in [3.63, 3.8) is 0 Å².